The zero-order valence-corrected chi connectivity index (χ0v) is 15.4. The molecule has 4 rings (SSSR count). The number of nitrogens with zero attached hydrogens (tertiary/aromatic N) is 3. The molecule has 7 heteroatoms. The molecule has 1 aliphatic rings. The summed E-state index contributed by atoms with van der Waals surface area (Å²) in [5.41, 5.74) is 3.58. The molecule has 1 aromatic heterocycles. The van der Waals surface area contributed by atoms with Crippen LogP contribution in [0.15, 0.2) is 58.6 Å². The Morgan fingerprint density at radius 3 is 2.52 bits per heavy atom. The summed E-state index contributed by atoms with van der Waals surface area (Å²) in [6.45, 7) is 0. The molecular formula is C18H16N4OS2. The Kier molecular flexibility index (Phi) is 4.50. The molecule has 0 amide bonds. The molecule has 0 spiro atoms. The molecule has 1 unspecified atom stereocenters. The van der Waals surface area contributed by atoms with E-state index in [2.05, 4.69) is 51.0 Å². The highest BCUT2D eigenvalue weighted by Gasteiger charge is 2.25. The maximum Gasteiger partial charge on any atom is 0.247 e. The predicted molar refractivity (Wildman–Crippen MR) is 102 cm³/mol. The molecule has 25 heavy (non-hydrogen) atoms. The summed E-state index contributed by atoms with van der Waals surface area (Å²) in [4.78, 5) is 5.74. The molecule has 0 bridgehead atoms. The van der Waals surface area contributed by atoms with Gasteiger partial charge in [0, 0.05) is 21.7 Å². The molecule has 0 saturated heterocycles. The molecule has 0 fully saturated rings. The van der Waals surface area contributed by atoms with Crippen molar-refractivity contribution in [3.63, 3.8) is 0 Å². The van der Waals surface area contributed by atoms with Gasteiger partial charge >= 0.3 is 0 Å². The second kappa shape index (κ2) is 6.93. The van der Waals surface area contributed by atoms with Crippen LogP contribution < -0.4 is 10.1 Å². The first-order valence-corrected chi connectivity index (χ1v) is 10.2. The van der Waals surface area contributed by atoms with Crippen molar-refractivity contribution in [1.29, 1.82) is 0 Å². The fourth-order valence-corrected chi connectivity index (χ4v) is 3.37. The molecule has 126 valence electrons. The van der Waals surface area contributed by atoms with Crippen LogP contribution >= 0.6 is 23.5 Å². The van der Waals surface area contributed by atoms with E-state index in [0.29, 0.717) is 16.7 Å². The zero-order chi connectivity index (χ0) is 17.2. The van der Waals surface area contributed by atoms with Crippen LogP contribution in [0.5, 0.6) is 5.88 Å². The maximum absolute atomic E-state index is 6.20. The third-order valence-corrected chi connectivity index (χ3v) is 5.22. The van der Waals surface area contributed by atoms with Crippen molar-refractivity contribution < 1.29 is 4.74 Å². The van der Waals surface area contributed by atoms with Gasteiger partial charge in [-0.3, -0.25) is 0 Å². The van der Waals surface area contributed by atoms with E-state index < -0.39 is 0 Å². The van der Waals surface area contributed by atoms with E-state index in [1.165, 1.54) is 16.7 Å². The van der Waals surface area contributed by atoms with Gasteiger partial charge in [-0.1, -0.05) is 42.1 Å². The van der Waals surface area contributed by atoms with Gasteiger partial charge in [-0.25, -0.2) is 0 Å². The van der Waals surface area contributed by atoms with Gasteiger partial charge in [0.2, 0.25) is 11.0 Å². The molecule has 5 nitrogen and oxygen atoms in total. The number of nitrogens with one attached hydrogen (secondary N) is 1. The van der Waals surface area contributed by atoms with Crippen LogP contribution in [0.4, 0.5) is 5.69 Å². The van der Waals surface area contributed by atoms with Gasteiger partial charge in [0.25, 0.3) is 0 Å². The molecule has 1 atom stereocenters. The molecule has 0 aliphatic carbocycles. The van der Waals surface area contributed by atoms with Gasteiger partial charge in [0.1, 0.15) is 0 Å². The van der Waals surface area contributed by atoms with E-state index in [0.717, 1.165) is 16.8 Å². The highest BCUT2D eigenvalue weighted by Crippen LogP contribution is 2.39. The number of thioether (sulfide) groups is 2. The number of aromatic nitrogens is 3. The fraction of sp³-hybridized carbons (Fsp3) is 0.167. The number of hydrogen-bond acceptors (Lipinski definition) is 7. The fourth-order valence-electron chi connectivity index (χ4n) is 2.66. The summed E-state index contributed by atoms with van der Waals surface area (Å²) in [5.74, 6) is 0.496. The second-order valence-corrected chi connectivity index (χ2v) is 7.07. The highest BCUT2D eigenvalue weighted by atomic mass is 32.2. The summed E-state index contributed by atoms with van der Waals surface area (Å²) in [6, 6.07) is 16.3. The molecule has 3 aromatic rings. The minimum atomic E-state index is -0.343. The Morgan fingerprint density at radius 2 is 1.76 bits per heavy atom. The Bertz CT molecular complexity index is 902. The summed E-state index contributed by atoms with van der Waals surface area (Å²) in [5, 5.41) is 12.6. The third kappa shape index (κ3) is 3.17. The lowest BCUT2D eigenvalue weighted by atomic mass is 10.1. The van der Waals surface area contributed by atoms with Gasteiger partial charge in [-0.05, 0) is 30.7 Å². The number of rotatable bonds is 3. The average Bonchev–Trinajstić information content (AvgIpc) is 2.84. The molecule has 1 aliphatic heterocycles. The first kappa shape index (κ1) is 16.2. The normalized spacial score (nSPS) is 15.4. The van der Waals surface area contributed by atoms with Gasteiger partial charge in [-0.2, -0.15) is 4.98 Å². The molecule has 0 saturated carbocycles. The SMILES string of the molecule is CSc1ccc(C2Nc3ccccc3-c3nnc(SC)nc3O2)cc1. The van der Waals surface area contributed by atoms with Gasteiger partial charge < -0.3 is 10.1 Å². The minimum Gasteiger partial charge on any atom is -0.448 e. The van der Waals surface area contributed by atoms with Gasteiger partial charge in [-0.15, -0.1) is 22.0 Å². The van der Waals surface area contributed by atoms with Crippen LogP contribution in [-0.2, 0) is 0 Å². The summed E-state index contributed by atoms with van der Waals surface area (Å²) in [7, 11) is 0. The topological polar surface area (TPSA) is 59.9 Å². The zero-order valence-electron chi connectivity index (χ0n) is 13.8. The van der Waals surface area contributed by atoms with Crippen molar-refractivity contribution in [1.82, 2.24) is 15.2 Å². The van der Waals surface area contributed by atoms with E-state index in [4.69, 9.17) is 4.74 Å². The smallest absolute Gasteiger partial charge is 0.247 e. The third-order valence-electron chi connectivity index (χ3n) is 3.93. The standard InChI is InChI=1S/C18H16N4OS2/c1-24-12-9-7-11(8-10-12)16-19-14-6-4-3-5-13(14)15-17(23-16)20-18(25-2)22-21-15/h3-10,16,19H,1-2H3. The number of ether oxygens (including phenoxy) is 1. The van der Waals surface area contributed by atoms with Crippen LogP contribution in [0.2, 0.25) is 0 Å². The number of benzene rings is 2. The number of fused-ring (bicyclic) bond motifs is 3. The first-order valence-electron chi connectivity index (χ1n) is 7.74. The Labute approximate surface area is 154 Å². The van der Waals surface area contributed by atoms with E-state index in [1.807, 2.05) is 30.5 Å². The van der Waals surface area contributed by atoms with Crippen molar-refractivity contribution in [3.8, 4) is 17.1 Å². The lowest BCUT2D eigenvalue weighted by Crippen LogP contribution is -2.17. The van der Waals surface area contributed by atoms with Crippen molar-refractivity contribution in [2.45, 2.75) is 16.3 Å². The largest absolute Gasteiger partial charge is 0.448 e. The van der Waals surface area contributed by atoms with Gasteiger partial charge in [0.15, 0.2) is 11.9 Å². The quantitative estimate of drug-likeness (QED) is 0.684. The number of anilines is 1. The van der Waals surface area contributed by atoms with Crippen molar-refractivity contribution in [2.75, 3.05) is 17.8 Å². The predicted octanol–water partition coefficient (Wildman–Crippen LogP) is 4.49. The second-order valence-electron chi connectivity index (χ2n) is 5.41. The average molecular weight is 368 g/mol. The Hall–Kier alpha value is -2.25. The van der Waals surface area contributed by atoms with Crippen LogP contribution in [0.25, 0.3) is 11.3 Å². The monoisotopic (exact) mass is 368 g/mol. The van der Waals surface area contributed by atoms with E-state index in [9.17, 15) is 0 Å². The van der Waals surface area contributed by atoms with Crippen molar-refractivity contribution >= 4 is 29.2 Å². The molecule has 1 N–H and O–H groups in total. The molecular weight excluding hydrogens is 352 g/mol. The minimum absolute atomic E-state index is 0.343. The van der Waals surface area contributed by atoms with Crippen molar-refractivity contribution in [3.05, 3.63) is 54.1 Å². The molecule has 2 heterocycles. The highest BCUT2D eigenvalue weighted by molar-refractivity contribution is 7.98. The van der Waals surface area contributed by atoms with Crippen LogP contribution in [-0.4, -0.2) is 27.7 Å². The lowest BCUT2D eigenvalue weighted by molar-refractivity contribution is 0.225. The summed E-state index contributed by atoms with van der Waals surface area (Å²) < 4.78 is 6.20. The lowest BCUT2D eigenvalue weighted by Gasteiger charge is -2.19. The molecule has 0 radical (unpaired) electrons. The van der Waals surface area contributed by atoms with Gasteiger partial charge in [0.05, 0.1) is 0 Å². The van der Waals surface area contributed by atoms with E-state index in [-0.39, 0.29) is 6.23 Å². The van der Waals surface area contributed by atoms with Crippen LogP contribution in [0, 0.1) is 0 Å². The Morgan fingerprint density at radius 1 is 0.960 bits per heavy atom. The Balaban J connectivity index is 1.81. The van der Waals surface area contributed by atoms with Crippen LogP contribution in [0.3, 0.4) is 0 Å². The number of hydrogen-bond donors (Lipinski definition) is 1. The number of para-hydroxylation sites is 1. The van der Waals surface area contributed by atoms with Crippen molar-refractivity contribution in [2.24, 2.45) is 0 Å². The summed E-state index contributed by atoms with van der Waals surface area (Å²) >= 11 is 3.16. The maximum atomic E-state index is 6.20. The first-order chi connectivity index (χ1) is 12.3. The van der Waals surface area contributed by atoms with Crippen LogP contribution in [0.1, 0.15) is 11.8 Å². The molecule has 2 aromatic carbocycles. The summed E-state index contributed by atoms with van der Waals surface area (Å²) in [6.07, 6.45) is 3.64. The van der Waals surface area contributed by atoms with E-state index in [1.54, 1.807) is 11.8 Å². The van der Waals surface area contributed by atoms with E-state index >= 15 is 0 Å².